The Hall–Kier alpha value is 0.870. The minimum absolute atomic E-state index is 0.274. The third kappa shape index (κ3) is 1.93. The predicted octanol–water partition coefficient (Wildman–Crippen LogP) is 2.34. The van der Waals surface area contributed by atoms with E-state index in [4.69, 9.17) is 22.8 Å². The number of hydrogen-bond donors (Lipinski definition) is 0. The maximum Gasteiger partial charge on any atom is 0.175 e. The SMILES string of the molecule is C#CC1CSP(=S)(OC)S1. The van der Waals surface area contributed by atoms with E-state index >= 15 is 0 Å². The summed E-state index contributed by atoms with van der Waals surface area (Å²) in [7, 11) is 1.67. The second-order valence-corrected chi connectivity index (χ2v) is 12.4. The van der Waals surface area contributed by atoms with Gasteiger partial charge in [-0.05, 0) is 11.8 Å². The van der Waals surface area contributed by atoms with Crippen molar-refractivity contribution in [2.45, 2.75) is 5.25 Å². The molecule has 0 aromatic carbocycles. The van der Waals surface area contributed by atoms with Crippen LogP contribution in [0.5, 0.6) is 0 Å². The van der Waals surface area contributed by atoms with Crippen molar-refractivity contribution in [1.29, 1.82) is 0 Å². The van der Waals surface area contributed by atoms with E-state index in [1.54, 1.807) is 29.9 Å². The smallest absolute Gasteiger partial charge is 0.175 e. The van der Waals surface area contributed by atoms with Gasteiger partial charge in [0.05, 0.1) is 5.25 Å². The Morgan fingerprint density at radius 2 is 2.60 bits per heavy atom. The largest absolute Gasteiger partial charge is 0.337 e. The highest BCUT2D eigenvalue weighted by Crippen LogP contribution is 2.75. The Kier molecular flexibility index (Phi) is 3.15. The highest BCUT2D eigenvalue weighted by molar-refractivity contribution is 9.00. The van der Waals surface area contributed by atoms with Crippen molar-refractivity contribution in [2.24, 2.45) is 0 Å². The van der Waals surface area contributed by atoms with Gasteiger partial charge in [0.15, 0.2) is 4.67 Å². The molecule has 0 amide bonds. The van der Waals surface area contributed by atoms with Crippen LogP contribution in [0.25, 0.3) is 0 Å². The lowest BCUT2D eigenvalue weighted by atomic mass is 10.5. The van der Waals surface area contributed by atoms with Gasteiger partial charge in [0.25, 0.3) is 0 Å². The molecule has 56 valence electrons. The zero-order valence-corrected chi connectivity index (χ0v) is 8.79. The molecule has 1 heterocycles. The van der Waals surface area contributed by atoms with Crippen molar-refractivity contribution >= 4 is 39.2 Å². The fraction of sp³-hybridized carbons (Fsp3) is 0.600. The van der Waals surface area contributed by atoms with Gasteiger partial charge < -0.3 is 4.52 Å². The van der Waals surface area contributed by atoms with Crippen molar-refractivity contribution in [3.8, 4) is 12.3 Å². The Bertz CT molecular complexity index is 209. The van der Waals surface area contributed by atoms with Gasteiger partial charge in [0, 0.05) is 12.9 Å². The third-order valence-electron chi connectivity index (χ3n) is 1.05. The van der Waals surface area contributed by atoms with E-state index in [0.717, 1.165) is 5.75 Å². The molecule has 1 rings (SSSR count). The summed E-state index contributed by atoms with van der Waals surface area (Å²) >= 11 is 8.58. The molecular weight excluding hydrogens is 203 g/mol. The van der Waals surface area contributed by atoms with E-state index in [1.165, 1.54) is 0 Å². The highest BCUT2D eigenvalue weighted by Gasteiger charge is 2.30. The van der Waals surface area contributed by atoms with Crippen LogP contribution < -0.4 is 0 Å². The molecule has 1 aliphatic rings. The molecule has 1 nitrogen and oxygen atoms in total. The molecule has 0 aromatic heterocycles. The van der Waals surface area contributed by atoms with E-state index in [2.05, 4.69) is 5.92 Å². The van der Waals surface area contributed by atoms with E-state index in [1.807, 2.05) is 0 Å². The van der Waals surface area contributed by atoms with Crippen molar-refractivity contribution in [1.82, 2.24) is 0 Å². The summed E-state index contributed by atoms with van der Waals surface area (Å²) in [6, 6.07) is 0. The molecule has 1 aliphatic heterocycles. The van der Waals surface area contributed by atoms with Crippen LogP contribution in [0.3, 0.4) is 0 Å². The van der Waals surface area contributed by atoms with E-state index < -0.39 is 4.67 Å². The Labute approximate surface area is 74.3 Å². The molecule has 0 saturated carbocycles. The van der Waals surface area contributed by atoms with Crippen LogP contribution in [0.4, 0.5) is 0 Å². The molecule has 5 heteroatoms. The first kappa shape index (κ1) is 8.96. The first-order chi connectivity index (χ1) is 4.70. The molecule has 0 bridgehead atoms. The molecule has 1 saturated heterocycles. The lowest BCUT2D eigenvalue weighted by molar-refractivity contribution is 0.480. The van der Waals surface area contributed by atoms with Gasteiger partial charge in [0.2, 0.25) is 0 Å². The van der Waals surface area contributed by atoms with Crippen molar-refractivity contribution < 1.29 is 4.52 Å². The van der Waals surface area contributed by atoms with Crippen molar-refractivity contribution in [2.75, 3.05) is 12.9 Å². The first-order valence-electron chi connectivity index (χ1n) is 2.65. The van der Waals surface area contributed by atoms with Crippen LogP contribution in [-0.4, -0.2) is 18.1 Å². The van der Waals surface area contributed by atoms with Gasteiger partial charge in [0.1, 0.15) is 0 Å². The summed E-state index contributed by atoms with van der Waals surface area (Å²) < 4.78 is 3.59. The summed E-state index contributed by atoms with van der Waals surface area (Å²) in [6.45, 7) is 0. The second kappa shape index (κ2) is 3.51. The summed E-state index contributed by atoms with van der Waals surface area (Å²) in [5.41, 5.74) is 0. The lowest BCUT2D eigenvalue weighted by Gasteiger charge is -2.08. The van der Waals surface area contributed by atoms with Gasteiger partial charge in [-0.1, -0.05) is 28.7 Å². The van der Waals surface area contributed by atoms with Crippen molar-refractivity contribution in [3.05, 3.63) is 0 Å². The quantitative estimate of drug-likeness (QED) is 0.485. The monoisotopic (exact) mass is 210 g/mol. The van der Waals surface area contributed by atoms with Crippen LogP contribution in [0, 0.1) is 12.3 Å². The van der Waals surface area contributed by atoms with Crippen LogP contribution >= 0.6 is 27.4 Å². The number of terminal acetylenes is 1. The number of hydrogen-bond acceptors (Lipinski definition) is 4. The van der Waals surface area contributed by atoms with Crippen LogP contribution in [-0.2, 0) is 16.3 Å². The Morgan fingerprint density at radius 1 is 1.90 bits per heavy atom. The molecule has 1 fully saturated rings. The maximum atomic E-state index is 5.24. The average Bonchev–Trinajstić information content (AvgIpc) is 2.33. The van der Waals surface area contributed by atoms with Crippen LogP contribution in [0.1, 0.15) is 0 Å². The predicted molar refractivity (Wildman–Crippen MR) is 54.0 cm³/mol. The molecule has 2 atom stereocenters. The lowest BCUT2D eigenvalue weighted by Crippen LogP contribution is -1.92. The topological polar surface area (TPSA) is 9.23 Å². The van der Waals surface area contributed by atoms with Gasteiger partial charge in [-0.25, -0.2) is 0 Å². The molecular formula is C5H7OPS3. The molecule has 10 heavy (non-hydrogen) atoms. The van der Waals surface area contributed by atoms with Gasteiger partial charge in [-0.2, -0.15) is 0 Å². The average molecular weight is 210 g/mol. The number of rotatable bonds is 1. The van der Waals surface area contributed by atoms with Crippen LogP contribution in [0.2, 0.25) is 0 Å². The molecule has 0 aliphatic carbocycles. The molecule has 0 radical (unpaired) electrons. The summed E-state index contributed by atoms with van der Waals surface area (Å²) in [6.07, 6.45) is 5.24. The molecule has 0 aromatic rings. The highest BCUT2D eigenvalue weighted by atomic mass is 33.2. The minimum Gasteiger partial charge on any atom is -0.337 e. The molecule has 0 spiro atoms. The fourth-order valence-corrected chi connectivity index (χ4v) is 9.27. The first-order valence-corrected chi connectivity index (χ1v) is 8.44. The zero-order chi connectivity index (χ0) is 7.61. The normalized spacial score (nSPS) is 39.4. The van der Waals surface area contributed by atoms with Gasteiger partial charge >= 0.3 is 0 Å². The minimum atomic E-state index is -1.60. The van der Waals surface area contributed by atoms with Crippen molar-refractivity contribution in [3.63, 3.8) is 0 Å². The Morgan fingerprint density at radius 3 is 2.90 bits per heavy atom. The summed E-state index contributed by atoms with van der Waals surface area (Å²) in [4.78, 5) is 0. The third-order valence-corrected chi connectivity index (χ3v) is 11.0. The maximum absolute atomic E-state index is 5.24. The summed E-state index contributed by atoms with van der Waals surface area (Å²) in [5, 5.41) is 0.274. The van der Waals surface area contributed by atoms with Crippen LogP contribution in [0.15, 0.2) is 0 Å². The standard InChI is InChI=1S/C5H7OPS3/c1-3-5-4-9-7(8,6-2)10-5/h1,5H,4H2,2H3. The zero-order valence-electron chi connectivity index (χ0n) is 5.44. The van der Waals surface area contributed by atoms with E-state index in [9.17, 15) is 0 Å². The molecule has 2 unspecified atom stereocenters. The summed E-state index contributed by atoms with van der Waals surface area (Å²) in [5.74, 6) is 3.63. The van der Waals surface area contributed by atoms with Gasteiger partial charge in [-0.3, -0.25) is 0 Å². The second-order valence-electron chi connectivity index (χ2n) is 1.69. The van der Waals surface area contributed by atoms with E-state index in [-0.39, 0.29) is 5.25 Å². The Balaban J connectivity index is 2.60. The molecule has 0 N–H and O–H groups in total. The van der Waals surface area contributed by atoms with Gasteiger partial charge in [-0.15, -0.1) is 6.42 Å². The fourth-order valence-electron chi connectivity index (χ4n) is 0.550. The van der Waals surface area contributed by atoms with E-state index in [0.29, 0.717) is 0 Å².